The Morgan fingerprint density at radius 2 is 1.70 bits per heavy atom. The Morgan fingerprint density at radius 3 is 2.30 bits per heavy atom. The Kier molecular flexibility index (Phi) is 4.85. The van der Waals surface area contributed by atoms with Crippen LogP contribution in [0.15, 0.2) is 36.5 Å². The Hall–Kier alpha value is -2.43. The van der Waals surface area contributed by atoms with Crippen LogP contribution in [0.1, 0.15) is 87.1 Å². The summed E-state index contributed by atoms with van der Waals surface area (Å²) in [4.78, 5) is 5.03. The molecule has 3 aromatic rings. The van der Waals surface area contributed by atoms with Crippen molar-refractivity contribution in [3.8, 4) is 5.69 Å². The summed E-state index contributed by atoms with van der Waals surface area (Å²) in [5, 5.41) is 9.31. The van der Waals surface area contributed by atoms with Crippen molar-refractivity contribution in [1.29, 1.82) is 0 Å². The van der Waals surface area contributed by atoms with Gasteiger partial charge >= 0.3 is 0 Å². The molecule has 2 aromatic heterocycles. The van der Waals surface area contributed by atoms with Gasteiger partial charge in [0.2, 0.25) is 0 Å². The molecule has 5 nitrogen and oxygen atoms in total. The fourth-order valence-electron chi connectivity index (χ4n) is 4.11. The van der Waals surface area contributed by atoms with E-state index in [1.54, 1.807) is 0 Å². The summed E-state index contributed by atoms with van der Waals surface area (Å²) in [5.74, 6) is 3.16. The van der Waals surface area contributed by atoms with Gasteiger partial charge in [-0.3, -0.25) is 4.68 Å². The summed E-state index contributed by atoms with van der Waals surface area (Å²) in [6.45, 7) is 6.63. The van der Waals surface area contributed by atoms with Crippen LogP contribution in [0.5, 0.6) is 0 Å². The minimum Gasteiger partial charge on any atom is -0.272 e. The summed E-state index contributed by atoms with van der Waals surface area (Å²) in [5.41, 5.74) is 3.58. The fourth-order valence-corrected chi connectivity index (χ4v) is 4.11. The van der Waals surface area contributed by atoms with Gasteiger partial charge in [-0.1, -0.05) is 38.8 Å². The number of aryl methyl sites for hydroxylation is 1. The van der Waals surface area contributed by atoms with Crippen molar-refractivity contribution < 1.29 is 0 Å². The van der Waals surface area contributed by atoms with Crippen LogP contribution in [0.25, 0.3) is 5.69 Å². The van der Waals surface area contributed by atoms with Crippen LogP contribution in [-0.4, -0.2) is 24.5 Å². The Balaban J connectivity index is 1.77. The third-order valence-corrected chi connectivity index (χ3v) is 5.86. The van der Waals surface area contributed by atoms with E-state index < -0.39 is 0 Å². The average molecular weight is 364 g/mol. The minimum atomic E-state index is 0.130. The molecular weight excluding hydrogens is 334 g/mol. The van der Waals surface area contributed by atoms with E-state index in [1.807, 2.05) is 17.9 Å². The van der Waals surface area contributed by atoms with E-state index in [-0.39, 0.29) is 5.92 Å². The summed E-state index contributed by atoms with van der Waals surface area (Å²) >= 11 is 0. The standard InChI is InChI=1S/C22H29N5/c1-15(2)17-9-11-19(12-10-17)27-22(16(3)20-13-14-23-26(20)4)24-21(25-27)18-7-5-6-8-18/h9-16,18H,5-8H2,1-4H3. The van der Waals surface area contributed by atoms with E-state index in [0.29, 0.717) is 11.8 Å². The molecule has 0 N–H and O–H groups in total. The van der Waals surface area contributed by atoms with Crippen LogP contribution in [0.4, 0.5) is 0 Å². The molecule has 1 aromatic carbocycles. The third kappa shape index (κ3) is 3.43. The zero-order valence-corrected chi connectivity index (χ0v) is 16.8. The van der Waals surface area contributed by atoms with Gasteiger partial charge in [0.25, 0.3) is 0 Å². The van der Waals surface area contributed by atoms with Crippen molar-refractivity contribution in [3.05, 3.63) is 59.4 Å². The van der Waals surface area contributed by atoms with E-state index in [2.05, 4.69) is 60.9 Å². The monoisotopic (exact) mass is 363 g/mol. The predicted molar refractivity (Wildman–Crippen MR) is 107 cm³/mol. The molecule has 0 spiro atoms. The molecule has 1 fully saturated rings. The molecule has 0 radical (unpaired) electrons. The lowest BCUT2D eigenvalue weighted by Crippen LogP contribution is -2.11. The Bertz CT molecular complexity index is 897. The zero-order chi connectivity index (χ0) is 19.0. The second kappa shape index (κ2) is 7.29. The van der Waals surface area contributed by atoms with Crippen LogP contribution in [0, 0.1) is 0 Å². The molecule has 5 heteroatoms. The SMILES string of the molecule is CC(C)c1ccc(-n2nc(C3CCCC3)nc2C(C)c2ccnn2C)cc1. The molecule has 27 heavy (non-hydrogen) atoms. The second-order valence-electron chi connectivity index (χ2n) is 8.07. The summed E-state index contributed by atoms with van der Waals surface area (Å²) in [6, 6.07) is 10.8. The van der Waals surface area contributed by atoms with Crippen molar-refractivity contribution in [3.63, 3.8) is 0 Å². The molecule has 1 aliphatic carbocycles. The first-order chi connectivity index (χ1) is 13.0. The number of aromatic nitrogens is 5. The molecule has 1 saturated carbocycles. The van der Waals surface area contributed by atoms with Crippen molar-refractivity contribution >= 4 is 0 Å². The van der Waals surface area contributed by atoms with Gasteiger partial charge in [0, 0.05) is 24.9 Å². The van der Waals surface area contributed by atoms with Gasteiger partial charge in [0.05, 0.1) is 11.6 Å². The number of hydrogen-bond acceptors (Lipinski definition) is 3. The first kappa shape index (κ1) is 18.0. The molecule has 1 unspecified atom stereocenters. The first-order valence-electron chi connectivity index (χ1n) is 10.1. The highest BCUT2D eigenvalue weighted by molar-refractivity contribution is 5.37. The topological polar surface area (TPSA) is 48.5 Å². The van der Waals surface area contributed by atoms with E-state index >= 15 is 0 Å². The maximum atomic E-state index is 5.03. The average Bonchev–Trinajstić information content (AvgIpc) is 3.41. The van der Waals surface area contributed by atoms with Crippen LogP contribution < -0.4 is 0 Å². The van der Waals surface area contributed by atoms with E-state index in [1.165, 1.54) is 31.2 Å². The van der Waals surface area contributed by atoms with E-state index in [9.17, 15) is 0 Å². The Labute approximate surface area is 161 Å². The maximum absolute atomic E-state index is 5.03. The van der Waals surface area contributed by atoms with Crippen LogP contribution in [-0.2, 0) is 7.05 Å². The van der Waals surface area contributed by atoms with E-state index in [0.717, 1.165) is 23.0 Å². The lowest BCUT2D eigenvalue weighted by molar-refractivity contribution is 0.648. The van der Waals surface area contributed by atoms with Gasteiger partial charge in [-0.05, 0) is 49.4 Å². The van der Waals surface area contributed by atoms with Gasteiger partial charge in [-0.25, -0.2) is 9.67 Å². The molecule has 0 bridgehead atoms. The number of nitrogens with zero attached hydrogens (tertiary/aromatic N) is 5. The van der Waals surface area contributed by atoms with Gasteiger partial charge < -0.3 is 0 Å². The van der Waals surface area contributed by atoms with E-state index in [4.69, 9.17) is 10.1 Å². The fraction of sp³-hybridized carbons (Fsp3) is 0.500. The quantitative estimate of drug-likeness (QED) is 0.645. The minimum absolute atomic E-state index is 0.130. The van der Waals surface area contributed by atoms with Crippen molar-refractivity contribution in [1.82, 2.24) is 24.5 Å². The van der Waals surface area contributed by atoms with Crippen molar-refractivity contribution in [2.24, 2.45) is 7.05 Å². The number of hydrogen-bond donors (Lipinski definition) is 0. The van der Waals surface area contributed by atoms with Gasteiger partial charge in [-0.2, -0.15) is 10.2 Å². The molecule has 0 aliphatic heterocycles. The van der Waals surface area contributed by atoms with Crippen LogP contribution in [0.3, 0.4) is 0 Å². The number of rotatable bonds is 5. The maximum Gasteiger partial charge on any atom is 0.154 e. The number of benzene rings is 1. The van der Waals surface area contributed by atoms with Crippen LogP contribution >= 0.6 is 0 Å². The molecule has 0 saturated heterocycles. The van der Waals surface area contributed by atoms with Gasteiger partial charge in [0.1, 0.15) is 5.82 Å². The third-order valence-electron chi connectivity index (χ3n) is 5.86. The molecule has 1 aliphatic rings. The highest BCUT2D eigenvalue weighted by atomic mass is 15.4. The molecular formula is C22H29N5. The lowest BCUT2D eigenvalue weighted by Gasteiger charge is -2.14. The highest BCUT2D eigenvalue weighted by Gasteiger charge is 2.26. The van der Waals surface area contributed by atoms with Crippen molar-refractivity contribution in [2.75, 3.05) is 0 Å². The zero-order valence-electron chi connectivity index (χ0n) is 16.8. The highest BCUT2D eigenvalue weighted by Crippen LogP contribution is 2.34. The smallest absolute Gasteiger partial charge is 0.154 e. The normalized spacial score (nSPS) is 16.3. The first-order valence-corrected chi connectivity index (χ1v) is 10.1. The summed E-state index contributed by atoms with van der Waals surface area (Å²) in [6.07, 6.45) is 6.83. The lowest BCUT2D eigenvalue weighted by atomic mass is 10.0. The largest absolute Gasteiger partial charge is 0.272 e. The summed E-state index contributed by atoms with van der Waals surface area (Å²) in [7, 11) is 1.99. The molecule has 0 amide bonds. The van der Waals surface area contributed by atoms with Gasteiger partial charge in [-0.15, -0.1) is 0 Å². The predicted octanol–water partition coefficient (Wildman–Crippen LogP) is 4.93. The second-order valence-corrected chi connectivity index (χ2v) is 8.07. The molecule has 142 valence electrons. The molecule has 4 rings (SSSR count). The van der Waals surface area contributed by atoms with Gasteiger partial charge in [0.15, 0.2) is 5.82 Å². The van der Waals surface area contributed by atoms with Crippen molar-refractivity contribution in [2.45, 2.75) is 64.2 Å². The van der Waals surface area contributed by atoms with Crippen LogP contribution in [0.2, 0.25) is 0 Å². The molecule has 2 heterocycles. The summed E-state index contributed by atoms with van der Waals surface area (Å²) < 4.78 is 3.98. The Morgan fingerprint density at radius 1 is 1.00 bits per heavy atom. The molecule has 1 atom stereocenters.